The highest BCUT2D eigenvalue weighted by Gasteiger charge is 2.13. The summed E-state index contributed by atoms with van der Waals surface area (Å²) in [6, 6.07) is 8.23. The minimum atomic E-state index is 0.557. The molecule has 0 radical (unpaired) electrons. The maximum atomic E-state index is 5.87. The van der Waals surface area contributed by atoms with Crippen molar-refractivity contribution in [3.05, 3.63) is 29.8 Å². The molecule has 2 atom stereocenters. The predicted octanol–water partition coefficient (Wildman–Crippen LogP) is 3.25. The Morgan fingerprint density at radius 2 is 2.00 bits per heavy atom. The summed E-state index contributed by atoms with van der Waals surface area (Å²) in [7, 11) is 1.73. The molecule has 0 bridgehead atoms. The number of benzene rings is 1. The van der Waals surface area contributed by atoms with Crippen LogP contribution in [0, 0.1) is 11.8 Å². The minimum absolute atomic E-state index is 0.557. The van der Waals surface area contributed by atoms with Gasteiger partial charge < -0.3 is 10.5 Å². The molecule has 96 valence electrons. The van der Waals surface area contributed by atoms with Gasteiger partial charge in [0, 0.05) is 0 Å². The molecular formula is C15H25NO. The Morgan fingerprint density at radius 3 is 2.59 bits per heavy atom. The Kier molecular flexibility index (Phi) is 6.06. The normalized spacial score (nSPS) is 14.4. The number of para-hydroxylation sites is 1. The maximum Gasteiger partial charge on any atom is 0.122 e. The summed E-state index contributed by atoms with van der Waals surface area (Å²) in [5, 5.41) is 0. The number of rotatable bonds is 7. The van der Waals surface area contributed by atoms with Crippen molar-refractivity contribution in [1.82, 2.24) is 0 Å². The van der Waals surface area contributed by atoms with E-state index in [0.29, 0.717) is 5.92 Å². The molecule has 0 saturated heterocycles. The zero-order valence-corrected chi connectivity index (χ0v) is 11.3. The zero-order valence-electron chi connectivity index (χ0n) is 11.3. The summed E-state index contributed by atoms with van der Waals surface area (Å²) in [6.45, 7) is 5.29. The van der Waals surface area contributed by atoms with Crippen LogP contribution in [0.5, 0.6) is 5.75 Å². The second-order valence-electron chi connectivity index (χ2n) is 4.87. The first-order valence-electron chi connectivity index (χ1n) is 6.53. The summed E-state index contributed by atoms with van der Waals surface area (Å²) in [5.74, 6) is 2.29. The van der Waals surface area contributed by atoms with E-state index in [9.17, 15) is 0 Å². The summed E-state index contributed by atoms with van der Waals surface area (Å²) >= 11 is 0. The van der Waals surface area contributed by atoms with Gasteiger partial charge in [-0.25, -0.2) is 0 Å². The topological polar surface area (TPSA) is 35.2 Å². The molecule has 1 aromatic rings. The van der Waals surface area contributed by atoms with Crippen molar-refractivity contribution in [2.45, 2.75) is 33.1 Å². The monoisotopic (exact) mass is 235 g/mol. The molecule has 0 aliphatic carbocycles. The van der Waals surface area contributed by atoms with Crippen molar-refractivity contribution in [3.63, 3.8) is 0 Å². The predicted molar refractivity (Wildman–Crippen MR) is 73.3 cm³/mol. The van der Waals surface area contributed by atoms with Crippen molar-refractivity contribution in [2.24, 2.45) is 17.6 Å². The first kappa shape index (κ1) is 14.0. The maximum absolute atomic E-state index is 5.87. The van der Waals surface area contributed by atoms with Crippen LogP contribution in [-0.4, -0.2) is 13.7 Å². The number of ether oxygens (including phenoxy) is 1. The van der Waals surface area contributed by atoms with Crippen LogP contribution in [0.15, 0.2) is 24.3 Å². The fraction of sp³-hybridized carbons (Fsp3) is 0.600. The van der Waals surface area contributed by atoms with E-state index in [1.165, 1.54) is 18.4 Å². The van der Waals surface area contributed by atoms with Gasteiger partial charge in [-0.1, -0.05) is 38.5 Å². The second kappa shape index (κ2) is 7.33. The molecule has 0 amide bonds. The average molecular weight is 235 g/mol. The van der Waals surface area contributed by atoms with Crippen LogP contribution in [0.2, 0.25) is 0 Å². The average Bonchev–Trinajstić information content (AvgIpc) is 2.38. The van der Waals surface area contributed by atoms with E-state index < -0.39 is 0 Å². The lowest BCUT2D eigenvalue weighted by Gasteiger charge is -2.19. The summed E-state index contributed by atoms with van der Waals surface area (Å²) in [5.41, 5.74) is 7.15. The van der Waals surface area contributed by atoms with Gasteiger partial charge >= 0.3 is 0 Å². The Hall–Kier alpha value is -1.02. The van der Waals surface area contributed by atoms with Gasteiger partial charge in [-0.3, -0.25) is 0 Å². The van der Waals surface area contributed by atoms with Crippen molar-refractivity contribution in [1.29, 1.82) is 0 Å². The summed E-state index contributed by atoms with van der Waals surface area (Å²) < 4.78 is 5.38. The lowest BCUT2D eigenvalue weighted by Crippen LogP contribution is -2.19. The molecule has 0 saturated carbocycles. The first-order valence-corrected chi connectivity index (χ1v) is 6.53. The Labute approximate surface area is 105 Å². The summed E-state index contributed by atoms with van der Waals surface area (Å²) in [6.07, 6.45) is 3.44. The molecule has 2 N–H and O–H groups in total. The highest BCUT2D eigenvalue weighted by atomic mass is 16.5. The molecule has 1 aromatic carbocycles. The van der Waals surface area contributed by atoms with E-state index in [-0.39, 0.29) is 0 Å². The van der Waals surface area contributed by atoms with Crippen LogP contribution in [0.1, 0.15) is 32.3 Å². The van der Waals surface area contributed by atoms with Crippen molar-refractivity contribution in [3.8, 4) is 5.75 Å². The smallest absolute Gasteiger partial charge is 0.122 e. The SMILES string of the molecule is CCC(C)CC(CN)Cc1ccccc1OC. The molecule has 2 nitrogen and oxygen atoms in total. The van der Waals surface area contributed by atoms with Crippen LogP contribution in [0.4, 0.5) is 0 Å². The number of nitrogens with two attached hydrogens (primary N) is 1. The molecule has 0 fully saturated rings. The van der Waals surface area contributed by atoms with Crippen molar-refractivity contribution >= 4 is 0 Å². The van der Waals surface area contributed by atoms with E-state index in [4.69, 9.17) is 10.5 Å². The highest BCUT2D eigenvalue weighted by Crippen LogP contribution is 2.24. The van der Waals surface area contributed by atoms with Crippen molar-refractivity contribution in [2.75, 3.05) is 13.7 Å². The standard InChI is InChI=1S/C15H25NO/c1-4-12(2)9-13(11-16)10-14-7-5-6-8-15(14)17-3/h5-8,12-13H,4,9-11,16H2,1-3H3. The van der Waals surface area contributed by atoms with E-state index in [2.05, 4.69) is 26.0 Å². The van der Waals surface area contributed by atoms with Crippen LogP contribution in [0.3, 0.4) is 0 Å². The largest absolute Gasteiger partial charge is 0.496 e. The van der Waals surface area contributed by atoms with Crippen LogP contribution < -0.4 is 10.5 Å². The fourth-order valence-corrected chi connectivity index (χ4v) is 2.18. The molecule has 17 heavy (non-hydrogen) atoms. The van der Waals surface area contributed by atoms with E-state index in [1.54, 1.807) is 7.11 Å². The van der Waals surface area contributed by atoms with Crippen LogP contribution >= 0.6 is 0 Å². The molecule has 0 aliphatic rings. The van der Waals surface area contributed by atoms with Gasteiger partial charge in [0.2, 0.25) is 0 Å². The summed E-state index contributed by atoms with van der Waals surface area (Å²) in [4.78, 5) is 0. The Morgan fingerprint density at radius 1 is 1.29 bits per heavy atom. The second-order valence-corrected chi connectivity index (χ2v) is 4.87. The molecule has 0 aliphatic heterocycles. The van der Waals surface area contributed by atoms with Crippen molar-refractivity contribution < 1.29 is 4.74 Å². The molecule has 2 unspecified atom stereocenters. The van der Waals surface area contributed by atoms with Gasteiger partial charge in [0.05, 0.1) is 7.11 Å². The van der Waals surface area contributed by atoms with Gasteiger partial charge in [0.1, 0.15) is 5.75 Å². The number of hydrogen-bond acceptors (Lipinski definition) is 2. The van der Waals surface area contributed by atoms with E-state index >= 15 is 0 Å². The van der Waals surface area contributed by atoms with Crippen LogP contribution in [-0.2, 0) is 6.42 Å². The van der Waals surface area contributed by atoms with Gasteiger partial charge in [-0.05, 0) is 42.9 Å². The van der Waals surface area contributed by atoms with Crippen LogP contribution in [0.25, 0.3) is 0 Å². The zero-order chi connectivity index (χ0) is 12.7. The minimum Gasteiger partial charge on any atom is -0.496 e. The quantitative estimate of drug-likeness (QED) is 0.787. The lowest BCUT2D eigenvalue weighted by molar-refractivity contribution is 0.373. The third-order valence-corrected chi connectivity index (χ3v) is 3.47. The molecule has 0 aromatic heterocycles. The lowest BCUT2D eigenvalue weighted by atomic mass is 9.89. The number of hydrogen-bond donors (Lipinski definition) is 1. The van der Waals surface area contributed by atoms with Gasteiger partial charge in [-0.2, -0.15) is 0 Å². The van der Waals surface area contributed by atoms with E-state index in [0.717, 1.165) is 24.6 Å². The molecule has 0 spiro atoms. The third kappa shape index (κ3) is 4.39. The molecular weight excluding hydrogens is 210 g/mol. The fourth-order valence-electron chi connectivity index (χ4n) is 2.18. The highest BCUT2D eigenvalue weighted by molar-refractivity contribution is 5.33. The van der Waals surface area contributed by atoms with Gasteiger partial charge in [-0.15, -0.1) is 0 Å². The van der Waals surface area contributed by atoms with Gasteiger partial charge in [0.15, 0.2) is 0 Å². The third-order valence-electron chi connectivity index (χ3n) is 3.47. The molecule has 1 rings (SSSR count). The molecule has 2 heteroatoms. The Bertz CT molecular complexity index is 324. The number of methoxy groups -OCH3 is 1. The molecule has 0 heterocycles. The van der Waals surface area contributed by atoms with E-state index in [1.807, 2.05) is 12.1 Å². The van der Waals surface area contributed by atoms with Gasteiger partial charge in [0.25, 0.3) is 0 Å². The Balaban J connectivity index is 2.66. The first-order chi connectivity index (χ1) is 8.21.